The topological polar surface area (TPSA) is 60.4 Å². The number of hydrogen-bond acceptors (Lipinski definition) is 4. The average Bonchev–Trinajstić information content (AvgIpc) is 2.88. The number of carbonyl (C=O) groups is 1. The minimum Gasteiger partial charge on any atom is -0.381 e. The van der Waals surface area contributed by atoms with Crippen molar-refractivity contribution in [3.8, 4) is 5.75 Å². The summed E-state index contributed by atoms with van der Waals surface area (Å²) in [6.45, 7) is 10.1. The Morgan fingerprint density at radius 1 is 1.23 bits per heavy atom. The Bertz CT molecular complexity index is 838. The van der Waals surface area contributed by atoms with Crippen LogP contribution in [0.15, 0.2) is 24.3 Å². The number of hydrogen-bond donors (Lipinski definition) is 0. The predicted octanol–water partition coefficient (Wildman–Crippen LogP) is 4.85. The molecule has 2 bridgehead atoms. The van der Waals surface area contributed by atoms with E-state index >= 15 is 0 Å². The molecule has 4 nitrogen and oxygen atoms in total. The van der Waals surface area contributed by atoms with Crippen molar-refractivity contribution in [1.82, 2.24) is 0 Å². The number of benzene rings is 1. The van der Waals surface area contributed by atoms with Crippen molar-refractivity contribution >= 4 is 38.5 Å². The quantitative estimate of drug-likeness (QED) is 0.344. The van der Waals surface area contributed by atoms with Gasteiger partial charge in [-0.2, -0.15) is 8.42 Å². The Morgan fingerprint density at radius 2 is 1.85 bits per heavy atom. The van der Waals surface area contributed by atoms with Gasteiger partial charge >= 0.3 is 10.1 Å². The van der Waals surface area contributed by atoms with Gasteiger partial charge in [-0.3, -0.25) is 4.79 Å². The van der Waals surface area contributed by atoms with Gasteiger partial charge in [0.15, 0.2) is 3.26 Å². The number of alkyl halides is 1. The molecular weight excluding hydrogens is 463 g/mol. The molecule has 0 radical (unpaired) electrons. The first-order valence-electron chi connectivity index (χ1n) is 9.04. The van der Waals surface area contributed by atoms with E-state index in [1.54, 1.807) is 12.1 Å². The van der Waals surface area contributed by atoms with Crippen molar-refractivity contribution in [1.29, 1.82) is 0 Å². The monoisotopic (exact) mass is 490 g/mol. The van der Waals surface area contributed by atoms with E-state index in [0.29, 0.717) is 18.6 Å². The summed E-state index contributed by atoms with van der Waals surface area (Å²) in [6, 6.07) is 7.24. The molecule has 2 saturated carbocycles. The first kappa shape index (κ1) is 20.1. The molecule has 2 fully saturated rings. The van der Waals surface area contributed by atoms with Gasteiger partial charge in [0.1, 0.15) is 11.5 Å². The Balaban J connectivity index is 1.99. The van der Waals surface area contributed by atoms with Crippen molar-refractivity contribution < 1.29 is 17.4 Å². The van der Waals surface area contributed by atoms with Crippen LogP contribution >= 0.6 is 22.6 Å². The minimum atomic E-state index is -3.96. The molecule has 144 valence electrons. The molecule has 6 heteroatoms. The van der Waals surface area contributed by atoms with Crippen molar-refractivity contribution in [3.05, 3.63) is 29.8 Å². The molecular formula is C20H27IO4S. The zero-order valence-electron chi connectivity index (χ0n) is 16.0. The molecule has 3 rings (SSSR count). The average molecular weight is 490 g/mol. The number of Topliss-reactive ketones (excluding diaryl/α,β-unsaturated/α-hetero) is 1. The highest BCUT2D eigenvalue weighted by molar-refractivity contribution is 14.1. The summed E-state index contributed by atoms with van der Waals surface area (Å²) in [4.78, 5) is 12.8. The normalized spacial score (nSPS) is 29.0. The predicted molar refractivity (Wildman–Crippen MR) is 111 cm³/mol. The van der Waals surface area contributed by atoms with Gasteiger partial charge in [-0.05, 0) is 35.7 Å². The third-order valence-electron chi connectivity index (χ3n) is 6.53. The minimum absolute atomic E-state index is 0.0782. The zero-order valence-corrected chi connectivity index (χ0v) is 19.0. The molecule has 1 aromatic rings. The molecule has 0 spiro atoms. The second-order valence-corrected chi connectivity index (χ2v) is 12.9. The number of ketones is 1. The van der Waals surface area contributed by atoms with Crippen LogP contribution < -0.4 is 4.18 Å². The standard InChI is InChI=1S/C20H27IO4S/c1-18(2,3)14-8-6-7-9-15(14)25-26(23,24)17(21)20-11-10-13(12-16(20)22)19(20,4)5/h6-9,13,17H,10-12H2,1-5H3. The number of carbonyl (C=O) groups excluding carboxylic acids is 1. The van der Waals surface area contributed by atoms with E-state index in [1.807, 2.05) is 69.3 Å². The molecule has 3 atom stereocenters. The lowest BCUT2D eigenvalue weighted by atomic mass is 9.70. The van der Waals surface area contributed by atoms with E-state index in [0.717, 1.165) is 12.0 Å². The lowest BCUT2D eigenvalue weighted by Gasteiger charge is -2.39. The van der Waals surface area contributed by atoms with Gasteiger partial charge in [-0.15, -0.1) is 0 Å². The van der Waals surface area contributed by atoms with Crippen LogP contribution in [0.5, 0.6) is 5.75 Å². The van der Waals surface area contributed by atoms with Crippen LogP contribution in [0.1, 0.15) is 59.4 Å². The summed E-state index contributed by atoms with van der Waals surface area (Å²) in [5.41, 5.74) is -0.582. The third-order valence-corrected chi connectivity index (χ3v) is 10.8. The number of halogens is 1. The summed E-state index contributed by atoms with van der Waals surface area (Å²) in [5.74, 6) is 0.703. The fraction of sp³-hybridized carbons (Fsp3) is 0.650. The van der Waals surface area contributed by atoms with E-state index in [9.17, 15) is 13.2 Å². The van der Waals surface area contributed by atoms with E-state index in [-0.39, 0.29) is 22.5 Å². The number of para-hydroxylation sites is 1. The first-order chi connectivity index (χ1) is 11.8. The van der Waals surface area contributed by atoms with Crippen LogP contribution in [-0.2, 0) is 20.3 Å². The van der Waals surface area contributed by atoms with Gasteiger partial charge in [0.2, 0.25) is 0 Å². The molecule has 0 saturated heterocycles. The van der Waals surface area contributed by atoms with Gasteiger partial charge in [-0.1, -0.05) is 75.4 Å². The summed E-state index contributed by atoms with van der Waals surface area (Å²) >= 11 is 1.93. The lowest BCUT2D eigenvalue weighted by molar-refractivity contribution is -0.128. The summed E-state index contributed by atoms with van der Waals surface area (Å²) < 4.78 is 31.1. The highest BCUT2D eigenvalue weighted by atomic mass is 127. The molecule has 0 aliphatic heterocycles. The van der Waals surface area contributed by atoms with Crippen LogP contribution in [0, 0.1) is 16.7 Å². The Kier molecular flexibility index (Phi) is 4.79. The van der Waals surface area contributed by atoms with Crippen LogP contribution in [0.4, 0.5) is 0 Å². The van der Waals surface area contributed by atoms with Crippen LogP contribution in [0.3, 0.4) is 0 Å². The third kappa shape index (κ3) is 2.82. The Labute approximate surface area is 170 Å². The Hall–Kier alpha value is -0.630. The molecule has 0 N–H and O–H groups in total. The molecule has 2 aliphatic carbocycles. The smallest absolute Gasteiger partial charge is 0.322 e. The van der Waals surface area contributed by atoms with Crippen molar-refractivity contribution in [2.45, 2.75) is 62.6 Å². The molecule has 0 amide bonds. The number of rotatable bonds is 4. The number of fused-ring (bicyclic) bond motifs is 2. The molecule has 0 aromatic heterocycles. The second-order valence-electron chi connectivity index (χ2n) is 9.19. The van der Waals surface area contributed by atoms with Crippen LogP contribution in [-0.4, -0.2) is 17.5 Å². The van der Waals surface area contributed by atoms with Crippen molar-refractivity contribution in [2.24, 2.45) is 16.7 Å². The van der Waals surface area contributed by atoms with Gasteiger partial charge in [-0.25, -0.2) is 0 Å². The zero-order chi connectivity index (χ0) is 19.5. The maximum absolute atomic E-state index is 13.2. The molecule has 26 heavy (non-hydrogen) atoms. The first-order valence-corrected chi connectivity index (χ1v) is 11.8. The lowest BCUT2D eigenvalue weighted by Crippen LogP contribution is -2.48. The van der Waals surface area contributed by atoms with Crippen molar-refractivity contribution in [2.75, 3.05) is 0 Å². The highest BCUT2D eigenvalue weighted by Gasteiger charge is 2.69. The molecule has 3 unspecified atom stereocenters. The van der Waals surface area contributed by atoms with E-state index < -0.39 is 18.8 Å². The van der Waals surface area contributed by atoms with Crippen LogP contribution in [0.2, 0.25) is 0 Å². The van der Waals surface area contributed by atoms with Crippen molar-refractivity contribution in [3.63, 3.8) is 0 Å². The van der Waals surface area contributed by atoms with E-state index in [4.69, 9.17) is 4.18 Å². The summed E-state index contributed by atoms with van der Waals surface area (Å²) in [7, 11) is -3.96. The van der Waals surface area contributed by atoms with Gasteiger partial charge < -0.3 is 4.18 Å². The summed E-state index contributed by atoms with van der Waals surface area (Å²) in [5, 5.41) is 0. The fourth-order valence-electron chi connectivity index (χ4n) is 4.82. The van der Waals surface area contributed by atoms with Gasteiger partial charge in [0, 0.05) is 12.0 Å². The molecule has 2 aliphatic rings. The van der Waals surface area contributed by atoms with Gasteiger partial charge in [0.05, 0.1) is 5.41 Å². The largest absolute Gasteiger partial charge is 0.381 e. The summed E-state index contributed by atoms with van der Waals surface area (Å²) in [6.07, 6.45) is 2.02. The molecule has 1 aromatic carbocycles. The van der Waals surface area contributed by atoms with E-state index in [1.165, 1.54) is 0 Å². The maximum atomic E-state index is 13.2. The second kappa shape index (κ2) is 6.19. The van der Waals surface area contributed by atoms with E-state index in [2.05, 4.69) is 0 Å². The molecule has 0 heterocycles. The SMILES string of the molecule is CC(C)(C)c1ccccc1OS(=O)(=O)C(I)C12CCC(CC1=O)C2(C)C. The fourth-order valence-corrected chi connectivity index (χ4v) is 8.11. The highest BCUT2D eigenvalue weighted by Crippen LogP contribution is 2.67. The van der Waals surface area contributed by atoms with Crippen LogP contribution in [0.25, 0.3) is 0 Å². The maximum Gasteiger partial charge on any atom is 0.322 e. The Morgan fingerprint density at radius 3 is 2.35 bits per heavy atom. The van der Waals surface area contributed by atoms with Gasteiger partial charge in [0.25, 0.3) is 0 Å².